The zero-order valence-corrected chi connectivity index (χ0v) is 12.5. The van der Waals surface area contributed by atoms with E-state index < -0.39 is 0 Å². The van der Waals surface area contributed by atoms with Gasteiger partial charge in [0.15, 0.2) is 5.69 Å². The van der Waals surface area contributed by atoms with Gasteiger partial charge in [-0.2, -0.15) is 8.75 Å². The maximum Gasteiger partial charge on any atom is 0.279 e. The van der Waals surface area contributed by atoms with Crippen molar-refractivity contribution < 1.29 is 4.79 Å². The molecule has 0 fully saturated rings. The van der Waals surface area contributed by atoms with Gasteiger partial charge in [0.25, 0.3) is 5.91 Å². The Labute approximate surface area is 126 Å². The van der Waals surface area contributed by atoms with Gasteiger partial charge in [-0.05, 0) is 24.6 Å². The van der Waals surface area contributed by atoms with Gasteiger partial charge in [0.2, 0.25) is 0 Å². The molecule has 1 aliphatic heterocycles. The lowest BCUT2D eigenvalue weighted by molar-refractivity contribution is 0.0983. The largest absolute Gasteiger partial charge is 0.373 e. The molecule has 1 aromatic heterocycles. The van der Waals surface area contributed by atoms with Crippen molar-refractivity contribution in [3.8, 4) is 0 Å². The van der Waals surface area contributed by atoms with E-state index in [0.717, 1.165) is 36.1 Å². The van der Waals surface area contributed by atoms with Crippen LogP contribution in [0.4, 0.5) is 11.4 Å². The number of carbonyl (C=O) groups is 1. The lowest BCUT2D eigenvalue weighted by Gasteiger charge is -2.23. The normalized spacial score (nSPS) is 14.9. The molecule has 0 bridgehead atoms. The summed E-state index contributed by atoms with van der Waals surface area (Å²) in [5.74, 6) is -0.127. The van der Waals surface area contributed by atoms with E-state index in [1.54, 1.807) is 4.90 Å². The number of aromatic nitrogens is 2. The minimum atomic E-state index is -0.127. The molecule has 7 heteroatoms. The van der Waals surface area contributed by atoms with Crippen LogP contribution in [0.15, 0.2) is 24.4 Å². The summed E-state index contributed by atoms with van der Waals surface area (Å²) >= 11 is 7.13. The van der Waals surface area contributed by atoms with Gasteiger partial charge in [0, 0.05) is 25.2 Å². The average Bonchev–Trinajstić information content (AvgIpc) is 2.91. The van der Waals surface area contributed by atoms with Crippen LogP contribution in [0.2, 0.25) is 5.02 Å². The number of hydrogen-bond donors (Lipinski definition) is 0. The maximum atomic E-state index is 12.6. The Balaban J connectivity index is 2.06. The first-order chi connectivity index (χ1) is 9.66. The lowest BCUT2D eigenvalue weighted by Crippen LogP contribution is -2.31. The van der Waals surface area contributed by atoms with E-state index in [9.17, 15) is 4.79 Å². The number of amides is 1. The van der Waals surface area contributed by atoms with E-state index in [0.29, 0.717) is 17.3 Å². The van der Waals surface area contributed by atoms with Gasteiger partial charge in [0.1, 0.15) is 0 Å². The smallest absolute Gasteiger partial charge is 0.279 e. The third kappa shape index (κ3) is 2.36. The third-order valence-electron chi connectivity index (χ3n) is 3.34. The van der Waals surface area contributed by atoms with Crippen LogP contribution in [0.25, 0.3) is 0 Å². The molecule has 0 atom stereocenters. The van der Waals surface area contributed by atoms with Gasteiger partial charge < -0.3 is 9.80 Å². The van der Waals surface area contributed by atoms with Crippen molar-refractivity contribution in [1.82, 2.24) is 8.75 Å². The fraction of sp³-hybridized carbons (Fsp3) is 0.308. The average molecular weight is 309 g/mol. The van der Waals surface area contributed by atoms with Gasteiger partial charge in [-0.15, -0.1) is 0 Å². The zero-order chi connectivity index (χ0) is 14.1. The second kappa shape index (κ2) is 5.38. The van der Waals surface area contributed by atoms with E-state index in [4.69, 9.17) is 11.6 Å². The molecular weight excluding hydrogens is 296 g/mol. The van der Waals surface area contributed by atoms with Crippen molar-refractivity contribution in [2.45, 2.75) is 6.42 Å². The molecule has 0 saturated heterocycles. The number of anilines is 2. The molecule has 0 spiro atoms. The highest BCUT2D eigenvalue weighted by Gasteiger charge is 2.25. The fourth-order valence-corrected chi connectivity index (χ4v) is 2.92. The van der Waals surface area contributed by atoms with Crippen molar-refractivity contribution in [2.24, 2.45) is 0 Å². The number of hydrogen-bond acceptors (Lipinski definition) is 5. The predicted octanol–water partition coefficient (Wildman–Crippen LogP) is 2.68. The zero-order valence-electron chi connectivity index (χ0n) is 10.9. The Kier molecular flexibility index (Phi) is 3.58. The number of rotatable bonds is 1. The molecule has 0 saturated carbocycles. The molecule has 0 radical (unpaired) electrons. The summed E-state index contributed by atoms with van der Waals surface area (Å²) in [6.07, 6.45) is 2.40. The van der Waals surface area contributed by atoms with E-state index >= 15 is 0 Å². The van der Waals surface area contributed by atoms with E-state index in [2.05, 4.69) is 13.6 Å². The van der Waals surface area contributed by atoms with Crippen molar-refractivity contribution in [2.75, 3.05) is 29.9 Å². The molecule has 0 N–H and O–H groups in total. The highest BCUT2D eigenvalue weighted by molar-refractivity contribution is 6.99. The highest BCUT2D eigenvalue weighted by Crippen LogP contribution is 2.34. The van der Waals surface area contributed by atoms with Crippen molar-refractivity contribution in [3.63, 3.8) is 0 Å². The van der Waals surface area contributed by atoms with Crippen LogP contribution in [-0.2, 0) is 0 Å². The van der Waals surface area contributed by atoms with Gasteiger partial charge in [-0.1, -0.05) is 11.6 Å². The second-order valence-electron chi connectivity index (χ2n) is 4.66. The molecule has 5 nitrogen and oxygen atoms in total. The van der Waals surface area contributed by atoms with Crippen LogP contribution < -0.4 is 9.80 Å². The van der Waals surface area contributed by atoms with E-state index in [1.165, 1.54) is 6.20 Å². The molecule has 1 amide bonds. The van der Waals surface area contributed by atoms with Crippen LogP contribution in [0.5, 0.6) is 0 Å². The Bertz CT molecular complexity index is 631. The van der Waals surface area contributed by atoms with Gasteiger partial charge in [-0.3, -0.25) is 4.79 Å². The standard InChI is InChI=1S/C13H13ClN4OS/c1-17-5-2-6-18(13(19)10-8-15-20-16-10)12-7-9(14)3-4-11(12)17/h3-4,7-8H,2,5-6H2,1H3. The van der Waals surface area contributed by atoms with Crippen LogP contribution in [0.1, 0.15) is 16.9 Å². The molecule has 20 heavy (non-hydrogen) atoms. The number of carbonyl (C=O) groups excluding carboxylic acids is 1. The summed E-state index contributed by atoms with van der Waals surface area (Å²) in [6.45, 7) is 1.54. The van der Waals surface area contributed by atoms with E-state index in [-0.39, 0.29) is 5.91 Å². The maximum absolute atomic E-state index is 12.6. The summed E-state index contributed by atoms with van der Waals surface area (Å²) in [6, 6.07) is 5.62. The Morgan fingerprint density at radius 3 is 2.95 bits per heavy atom. The summed E-state index contributed by atoms with van der Waals surface area (Å²) < 4.78 is 7.93. The minimum absolute atomic E-state index is 0.127. The Hall–Kier alpha value is -1.66. The van der Waals surface area contributed by atoms with Crippen LogP contribution in [0.3, 0.4) is 0 Å². The summed E-state index contributed by atoms with van der Waals surface area (Å²) in [5.41, 5.74) is 2.21. The second-order valence-corrected chi connectivity index (χ2v) is 5.65. The number of nitrogens with zero attached hydrogens (tertiary/aromatic N) is 4. The first-order valence-electron chi connectivity index (χ1n) is 6.27. The highest BCUT2D eigenvalue weighted by atomic mass is 35.5. The number of halogens is 1. The molecule has 0 unspecified atom stereocenters. The van der Waals surface area contributed by atoms with Gasteiger partial charge in [0.05, 0.1) is 29.3 Å². The summed E-state index contributed by atoms with van der Waals surface area (Å²) in [4.78, 5) is 16.4. The first kappa shape index (κ1) is 13.3. The molecule has 3 rings (SSSR count). The number of fused-ring (bicyclic) bond motifs is 1. The minimum Gasteiger partial charge on any atom is -0.373 e. The Morgan fingerprint density at radius 1 is 1.35 bits per heavy atom. The molecule has 1 aromatic carbocycles. The molecule has 0 aliphatic carbocycles. The quantitative estimate of drug-likeness (QED) is 0.812. The lowest BCUT2D eigenvalue weighted by atomic mass is 10.2. The summed E-state index contributed by atoms with van der Waals surface area (Å²) in [7, 11) is 2.02. The van der Waals surface area contributed by atoms with Gasteiger partial charge >= 0.3 is 0 Å². The van der Waals surface area contributed by atoms with E-state index in [1.807, 2.05) is 25.2 Å². The summed E-state index contributed by atoms with van der Waals surface area (Å²) in [5, 5.41) is 0.619. The predicted molar refractivity (Wildman–Crippen MR) is 80.9 cm³/mol. The topological polar surface area (TPSA) is 49.3 Å². The third-order valence-corrected chi connectivity index (χ3v) is 4.05. The first-order valence-corrected chi connectivity index (χ1v) is 7.38. The monoisotopic (exact) mass is 308 g/mol. The van der Waals surface area contributed by atoms with Crippen molar-refractivity contribution in [3.05, 3.63) is 35.1 Å². The van der Waals surface area contributed by atoms with Crippen LogP contribution >= 0.6 is 23.3 Å². The fourth-order valence-electron chi connectivity index (χ4n) is 2.35. The van der Waals surface area contributed by atoms with Crippen molar-refractivity contribution in [1.29, 1.82) is 0 Å². The number of benzene rings is 1. The molecular formula is C13H13ClN4OS. The molecule has 2 heterocycles. The molecule has 104 valence electrons. The Morgan fingerprint density at radius 2 is 2.20 bits per heavy atom. The van der Waals surface area contributed by atoms with Crippen LogP contribution in [0, 0.1) is 0 Å². The molecule has 1 aliphatic rings. The van der Waals surface area contributed by atoms with Crippen molar-refractivity contribution >= 4 is 40.6 Å². The van der Waals surface area contributed by atoms with Gasteiger partial charge in [-0.25, -0.2) is 0 Å². The molecule has 2 aromatic rings. The van der Waals surface area contributed by atoms with Crippen LogP contribution in [-0.4, -0.2) is 34.8 Å². The SMILES string of the molecule is CN1CCCN(C(=O)c2cnsn2)c2cc(Cl)ccc21.